The highest BCUT2D eigenvalue weighted by Crippen LogP contribution is 2.36. The molecule has 5 heteroatoms. The fourth-order valence-electron chi connectivity index (χ4n) is 7.23. The summed E-state index contributed by atoms with van der Waals surface area (Å²) in [5, 5.41) is 7.20. The number of nitrogens with zero attached hydrogens (tertiary/aromatic N) is 4. The van der Waals surface area contributed by atoms with Gasteiger partial charge in [0.1, 0.15) is 17.3 Å². The van der Waals surface area contributed by atoms with Crippen molar-refractivity contribution in [3.05, 3.63) is 131 Å². The molecule has 0 spiro atoms. The van der Waals surface area contributed by atoms with Gasteiger partial charge in [-0.2, -0.15) is 5.10 Å². The van der Waals surface area contributed by atoms with Crippen molar-refractivity contribution in [2.24, 2.45) is 11.8 Å². The Morgan fingerprint density at radius 3 is 2.19 bits per heavy atom. The van der Waals surface area contributed by atoms with E-state index in [4.69, 9.17) is 14.8 Å². The van der Waals surface area contributed by atoms with Crippen LogP contribution in [-0.4, -0.2) is 19.3 Å². The monoisotopic (exact) mass is 632 g/mol. The smallest absolute Gasteiger partial charge is 0.137 e. The van der Waals surface area contributed by atoms with E-state index in [0.29, 0.717) is 11.8 Å². The second-order valence-corrected chi connectivity index (χ2v) is 14.1. The molecule has 3 heterocycles. The number of para-hydroxylation sites is 1. The highest BCUT2D eigenvalue weighted by atomic mass is 16.5. The minimum absolute atomic E-state index is 0.505. The SMILES string of the molecule is Cc1cc(C)c(-c2cnn(-c3cc(CC(C)C)cc(Oc4ccc5c6ccccc6n(-c6cc(CC(C)C)ccn6)c5c4)c3)c2)c(C)c1. The van der Waals surface area contributed by atoms with Crippen LogP contribution in [0.2, 0.25) is 0 Å². The second kappa shape index (κ2) is 12.8. The van der Waals surface area contributed by atoms with E-state index in [-0.39, 0.29) is 0 Å². The van der Waals surface area contributed by atoms with E-state index in [1.165, 1.54) is 44.2 Å². The Morgan fingerprint density at radius 1 is 0.688 bits per heavy atom. The van der Waals surface area contributed by atoms with Crippen LogP contribution in [-0.2, 0) is 12.8 Å². The summed E-state index contributed by atoms with van der Waals surface area (Å²) in [5.41, 5.74) is 11.9. The molecule has 0 atom stereocenters. The quantitative estimate of drug-likeness (QED) is 0.159. The molecule has 7 rings (SSSR count). The molecule has 0 saturated carbocycles. The minimum Gasteiger partial charge on any atom is -0.457 e. The molecule has 5 nitrogen and oxygen atoms in total. The number of fused-ring (bicyclic) bond motifs is 3. The van der Waals surface area contributed by atoms with Gasteiger partial charge < -0.3 is 4.74 Å². The molecule has 0 unspecified atom stereocenters. The second-order valence-electron chi connectivity index (χ2n) is 14.1. The molecule has 4 aromatic carbocycles. The summed E-state index contributed by atoms with van der Waals surface area (Å²) in [6.07, 6.45) is 7.99. The third-order valence-corrected chi connectivity index (χ3v) is 8.97. The van der Waals surface area contributed by atoms with Gasteiger partial charge in [0.05, 0.1) is 22.9 Å². The Bertz CT molecular complexity index is 2250. The zero-order valence-electron chi connectivity index (χ0n) is 29.1. The number of ether oxygens (including phenoxy) is 1. The standard InChI is InChI=1S/C43H44N4O/c1-27(2)16-32-14-15-44-42(22-32)47-40-11-9-8-10-38(40)39-13-12-36(24-41(39)47)48-37-21-33(17-28(3)4)20-35(23-37)46-26-34(25-45-46)43-30(6)18-29(5)19-31(43)7/h8-15,18-28H,16-17H2,1-7H3. The van der Waals surface area contributed by atoms with Gasteiger partial charge >= 0.3 is 0 Å². The fraction of sp³-hybridized carbons (Fsp3) is 0.256. The van der Waals surface area contributed by atoms with E-state index in [9.17, 15) is 0 Å². The van der Waals surface area contributed by atoms with Crippen LogP contribution in [0.25, 0.3) is 44.4 Å². The van der Waals surface area contributed by atoms with Crippen LogP contribution in [0.3, 0.4) is 0 Å². The molecule has 3 aromatic heterocycles. The third-order valence-electron chi connectivity index (χ3n) is 8.97. The lowest BCUT2D eigenvalue weighted by Crippen LogP contribution is -2.01. The first-order valence-corrected chi connectivity index (χ1v) is 17.1. The molecule has 0 bridgehead atoms. The molecular weight excluding hydrogens is 589 g/mol. The van der Waals surface area contributed by atoms with Crippen molar-refractivity contribution in [2.75, 3.05) is 0 Å². The maximum atomic E-state index is 6.70. The molecular formula is C43H44N4O. The van der Waals surface area contributed by atoms with Crippen LogP contribution in [0.1, 0.15) is 55.5 Å². The van der Waals surface area contributed by atoms with Crippen molar-refractivity contribution in [1.82, 2.24) is 19.3 Å². The molecule has 0 aliphatic heterocycles. The van der Waals surface area contributed by atoms with Gasteiger partial charge in [-0.05, 0) is 116 Å². The lowest BCUT2D eigenvalue weighted by atomic mass is 9.96. The summed E-state index contributed by atoms with van der Waals surface area (Å²) < 4.78 is 10.9. The highest BCUT2D eigenvalue weighted by molar-refractivity contribution is 6.09. The van der Waals surface area contributed by atoms with E-state index in [2.05, 4.69) is 144 Å². The zero-order valence-corrected chi connectivity index (χ0v) is 29.1. The third kappa shape index (κ3) is 6.25. The molecule has 0 fully saturated rings. The highest BCUT2D eigenvalue weighted by Gasteiger charge is 2.16. The molecule has 48 heavy (non-hydrogen) atoms. The molecule has 0 saturated heterocycles. The molecule has 0 aliphatic rings. The van der Waals surface area contributed by atoms with Crippen molar-refractivity contribution in [1.29, 1.82) is 0 Å². The first-order valence-electron chi connectivity index (χ1n) is 17.1. The van der Waals surface area contributed by atoms with E-state index in [1.807, 2.05) is 17.1 Å². The Morgan fingerprint density at radius 2 is 1.42 bits per heavy atom. The first-order chi connectivity index (χ1) is 23.1. The molecule has 0 aliphatic carbocycles. The van der Waals surface area contributed by atoms with E-state index in [0.717, 1.165) is 52.4 Å². The lowest BCUT2D eigenvalue weighted by Gasteiger charge is -2.14. The average Bonchev–Trinajstić information content (AvgIpc) is 3.63. The Hall–Kier alpha value is -5.16. The van der Waals surface area contributed by atoms with E-state index < -0.39 is 0 Å². The van der Waals surface area contributed by atoms with Gasteiger partial charge in [-0.25, -0.2) is 9.67 Å². The predicted molar refractivity (Wildman–Crippen MR) is 199 cm³/mol. The van der Waals surface area contributed by atoms with Gasteiger partial charge in [0.25, 0.3) is 0 Å². The van der Waals surface area contributed by atoms with Gasteiger partial charge in [-0.1, -0.05) is 63.6 Å². The minimum atomic E-state index is 0.505. The number of pyridine rings is 1. The van der Waals surface area contributed by atoms with Crippen LogP contribution >= 0.6 is 0 Å². The molecule has 0 N–H and O–H groups in total. The van der Waals surface area contributed by atoms with Crippen molar-refractivity contribution in [2.45, 2.75) is 61.3 Å². The summed E-state index contributed by atoms with van der Waals surface area (Å²) in [5.74, 6) is 3.57. The van der Waals surface area contributed by atoms with Gasteiger partial charge in [-0.15, -0.1) is 0 Å². The number of aromatic nitrogens is 4. The summed E-state index contributed by atoms with van der Waals surface area (Å²) in [6, 6.07) is 30.3. The van der Waals surface area contributed by atoms with Gasteiger partial charge in [-0.3, -0.25) is 4.57 Å². The number of benzene rings is 4. The summed E-state index contributed by atoms with van der Waals surface area (Å²) in [7, 11) is 0. The Kier molecular flexibility index (Phi) is 8.38. The van der Waals surface area contributed by atoms with E-state index in [1.54, 1.807) is 0 Å². The number of aryl methyl sites for hydroxylation is 3. The van der Waals surface area contributed by atoms with Crippen molar-refractivity contribution < 1.29 is 4.74 Å². The van der Waals surface area contributed by atoms with Gasteiger partial charge in [0.2, 0.25) is 0 Å². The molecule has 0 radical (unpaired) electrons. The molecule has 0 amide bonds. The maximum absolute atomic E-state index is 6.70. The topological polar surface area (TPSA) is 44.9 Å². The molecule has 242 valence electrons. The summed E-state index contributed by atoms with van der Waals surface area (Å²) in [4.78, 5) is 4.84. The molecule has 7 aromatic rings. The first kappa shape index (κ1) is 31.4. The van der Waals surface area contributed by atoms with Crippen molar-refractivity contribution in [3.63, 3.8) is 0 Å². The summed E-state index contributed by atoms with van der Waals surface area (Å²) >= 11 is 0. The normalized spacial score (nSPS) is 11.8. The van der Waals surface area contributed by atoms with Crippen molar-refractivity contribution >= 4 is 21.8 Å². The number of hydrogen-bond acceptors (Lipinski definition) is 3. The predicted octanol–water partition coefficient (Wildman–Crippen LogP) is 11.1. The van der Waals surface area contributed by atoms with Crippen LogP contribution in [0.4, 0.5) is 0 Å². The summed E-state index contributed by atoms with van der Waals surface area (Å²) in [6.45, 7) is 15.5. The van der Waals surface area contributed by atoms with Crippen LogP contribution < -0.4 is 4.74 Å². The van der Waals surface area contributed by atoms with Crippen LogP contribution in [0.15, 0.2) is 104 Å². The number of rotatable bonds is 9. The van der Waals surface area contributed by atoms with Gasteiger partial charge in [0.15, 0.2) is 0 Å². The van der Waals surface area contributed by atoms with E-state index >= 15 is 0 Å². The largest absolute Gasteiger partial charge is 0.457 e. The van der Waals surface area contributed by atoms with Gasteiger partial charge in [0, 0.05) is 40.9 Å². The number of hydrogen-bond donors (Lipinski definition) is 0. The Labute approximate surface area is 283 Å². The average molecular weight is 633 g/mol. The lowest BCUT2D eigenvalue weighted by molar-refractivity contribution is 0.481. The Balaban J connectivity index is 1.29. The van der Waals surface area contributed by atoms with Crippen LogP contribution in [0, 0.1) is 32.6 Å². The zero-order chi connectivity index (χ0) is 33.5. The van der Waals surface area contributed by atoms with Crippen molar-refractivity contribution in [3.8, 4) is 34.1 Å². The van der Waals surface area contributed by atoms with Crippen LogP contribution in [0.5, 0.6) is 11.5 Å². The maximum Gasteiger partial charge on any atom is 0.137 e. The fourth-order valence-corrected chi connectivity index (χ4v) is 7.23.